The van der Waals surface area contributed by atoms with Crippen molar-refractivity contribution in [3.05, 3.63) is 29.8 Å². The monoisotopic (exact) mass is 230 g/mol. The first-order valence-electron chi connectivity index (χ1n) is 5.63. The van der Waals surface area contributed by atoms with Crippen LogP contribution in [0, 0.1) is 17.2 Å². The number of para-hydroxylation sites is 1. The van der Waals surface area contributed by atoms with Gasteiger partial charge in [-0.1, -0.05) is 12.1 Å². The van der Waals surface area contributed by atoms with Crippen molar-refractivity contribution in [3.63, 3.8) is 0 Å². The normalized spacial score (nSPS) is 23.4. The Hall–Kier alpha value is -2.02. The third kappa shape index (κ3) is 1.96. The summed E-state index contributed by atoms with van der Waals surface area (Å²) < 4.78 is 0. The highest BCUT2D eigenvalue weighted by atomic mass is 16.4. The zero-order valence-electron chi connectivity index (χ0n) is 9.63. The Labute approximate surface area is 100 Å². The second-order valence-electron chi connectivity index (χ2n) is 4.30. The Kier molecular flexibility index (Phi) is 3.01. The summed E-state index contributed by atoms with van der Waals surface area (Å²) in [5.74, 6) is -1.10. The van der Waals surface area contributed by atoms with Crippen molar-refractivity contribution in [2.45, 2.75) is 19.4 Å². The zero-order valence-corrected chi connectivity index (χ0v) is 9.63. The average Bonchev–Trinajstić information content (AvgIpc) is 2.71. The van der Waals surface area contributed by atoms with Crippen molar-refractivity contribution < 1.29 is 9.90 Å². The minimum absolute atomic E-state index is 0.0676. The van der Waals surface area contributed by atoms with E-state index in [-0.39, 0.29) is 12.0 Å². The molecule has 1 aliphatic rings. The number of hydrogen-bond acceptors (Lipinski definition) is 3. The van der Waals surface area contributed by atoms with Crippen LogP contribution in [0.2, 0.25) is 0 Å². The number of aliphatic carboxylic acids is 1. The molecule has 1 aromatic carbocycles. The van der Waals surface area contributed by atoms with Crippen molar-refractivity contribution in [2.75, 3.05) is 11.4 Å². The molecule has 1 heterocycles. The topological polar surface area (TPSA) is 64.3 Å². The predicted molar refractivity (Wildman–Crippen MR) is 63.7 cm³/mol. The molecule has 1 aliphatic heterocycles. The molecule has 0 saturated carbocycles. The zero-order chi connectivity index (χ0) is 12.4. The van der Waals surface area contributed by atoms with Crippen LogP contribution in [0.5, 0.6) is 0 Å². The van der Waals surface area contributed by atoms with E-state index in [9.17, 15) is 4.79 Å². The van der Waals surface area contributed by atoms with Crippen LogP contribution < -0.4 is 4.90 Å². The molecule has 0 radical (unpaired) electrons. The van der Waals surface area contributed by atoms with E-state index in [2.05, 4.69) is 6.07 Å². The van der Waals surface area contributed by atoms with Crippen LogP contribution in [-0.4, -0.2) is 23.7 Å². The number of carbonyl (C=O) groups is 1. The molecule has 0 amide bonds. The van der Waals surface area contributed by atoms with Gasteiger partial charge >= 0.3 is 5.97 Å². The standard InChI is InChI=1S/C13H14N2O2/c1-9-11(13(16)17)6-7-15(9)12-5-3-2-4-10(12)8-14/h2-5,9,11H,6-7H2,1H3,(H,16,17). The number of carboxylic acid groups (broad SMARTS) is 1. The minimum atomic E-state index is -0.755. The van der Waals surface area contributed by atoms with E-state index in [1.807, 2.05) is 30.0 Å². The molecular weight excluding hydrogens is 216 g/mol. The van der Waals surface area contributed by atoms with Crippen LogP contribution in [0.4, 0.5) is 5.69 Å². The van der Waals surface area contributed by atoms with Crippen molar-refractivity contribution in [1.29, 1.82) is 5.26 Å². The summed E-state index contributed by atoms with van der Waals surface area (Å²) in [5.41, 5.74) is 1.44. The first-order chi connectivity index (χ1) is 8.15. The number of benzene rings is 1. The second-order valence-corrected chi connectivity index (χ2v) is 4.30. The van der Waals surface area contributed by atoms with Gasteiger partial charge in [0.15, 0.2) is 0 Å². The fourth-order valence-corrected chi connectivity index (χ4v) is 2.43. The molecule has 2 unspecified atom stereocenters. The molecule has 2 rings (SSSR count). The van der Waals surface area contributed by atoms with Crippen LogP contribution in [0.1, 0.15) is 18.9 Å². The van der Waals surface area contributed by atoms with Gasteiger partial charge in [0.2, 0.25) is 0 Å². The third-order valence-corrected chi connectivity index (χ3v) is 3.41. The molecule has 1 saturated heterocycles. The first-order valence-corrected chi connectivity index (χ1v) is 5.63. The Morgan fingerprint density at radius 1 is 1.53 bits per heavy atom. The molecule has 0 aromatic heterocycles. The minimum Gasteiger partial charge on any atom is -0.481 e. The number of hydrogen-bond donors (Lipinski definition) is 1. The summed E-state index contributed by atoms with van der Waals surface area (Å²) in [5, 5.41) is 18.1. The Bertz CT molecular complexity index is 479. The smallest absolute Gasteiger partial charge is 0.308 e. The van der Waals surface area contributed by atoms with Crippen LogP contribution >= 0.6 is 0 Å². The van der Waals surface area contributed by atoms with E-state index in [1.54, 1.807) is 6.07 Å². The molecule has 0 aliphatic carbocycles. The lowest BCUT2D eigenvalue weighted by Crippen LogP contribution is -2.33. The van der Waals surface area contributed by atoms with Gasteiger partial charge in [0, 0.05) is 12.6 Å². The Balaban J connectivity index is 2.31. The van der Waals surface area contributed by atoms with E-state index in [0.717, 1.165) is 5.69 Å². The molecular formula is C13H14N2O2. The van der Waals surface area contributed by atoms with Gasteiger partial charge in [0.05, 0.1) is 17.2 Å². The summed E-state index contributed by atoms with van der Waals surface area (Å²) in [6.45, 7) is 2.59. The number of nitrogens with zero attached hydrogens (tertiary/aromatic N) is 2. The quantitative estimate of drug-likeness (QED) is 0.842. The lowest BCUT2D eigenvalue weighted by Gasteiger charge is -2.26. The van der Waals surface area contributed by atoms with Gasteiger partial charge in [-0.05, 0) is 25.5 Å². The maximum Gasteiger partial charge on any atom is 0.308 e. The predicted octanol–water partition coefficient (Wildman–Crippen LogP) is 1.86. The van der Waals surface area contributed by atoms with Gasteiger partial charge in [-0.2, -0.15) is 5.26 Å². The van der Waals surface area contributed by atoms with Gasteiger partial charge in [-0.3, -0.25) is 4.79 Å². The van der Waals surface area contributed by atoms with E-state index in [4.69, 9.17) is 10.4 Å². The second kappa shape index (κ2) is 4.46. The van der Waals surface area contributed by atoms with Crippen molar-refractivity contribution in [1.82, 2.24) is 0 Å². The van der Waals surface area contributed by atoms with E-state index in [1.165, 1.54) is 0 Å². The first kappa shape index (κ1) is 11.5. The fourth-order valence-electron chi connectivity index (χ4n) is 2.43. The number of anilines is 1. The third-order valence-electron chi connectivity index (χ3n) is 3.41. The highest BCUT2D eigenvalue weighted by Crippen LogP contribution is 2.31. The Morgan fingerprint density at radius 2 is 2.24 bits per heavy atom. The SMILES string of the molecule is CC1C(C(=O)O)CCN1c1ccccc1C#N. The molecule has 4 heteroatoms. The molecule has 4 nitrogen and oxygen atoms in total. The maximum absolute atomic E-state index is 11.1. The van der Waals surface area contributed by atoms with Gasteiger partial charge in [0.25, 0.3) is 0 Å². The highest BCUT2D eigenvalue weighted by Gasteiger charge is 2.36. The summed E-state index contributed by atoms with van der Waals surface area (Å²) in [7, 11) is 0. The van der Waals surface area contributed by atoms with E-state index in [0.29, 0.717) is 18.5 Å². The summed E-state index contributed by atoms with van der Waals surface area (Å²) in [6, 6.07) is 9.40. The highest BCUT2D eigenvalue weighted by molar-refractivity contribution is 5.73. The molecule has 17 heavy (non-hydrogen) atoms. The van der Waals surface area contributed by atoms with Crippen molar-refractivity contribution in [3.8, 4) is 6.07 Å². The van der Waals surface area contributed by atoms with Gasteiger partial charge < -0.3 is 10.0 Å². The van der Waals surface area contributed by atoms with Gasteiger partial charge in [-0.15, -0.1) is 0 Å². The van der Waals surface area contributed by atoms with Crippen molar-refractivity contribution in [2.24, 2.45) is 5.92 Å². The molecule has 1 N–H and O–H groups in total. The van der Waals surface area contributed by atoms with Crippen LogP contribution in [-0.2, 0) is 4.79 Å². The molecule has 0 bridgehead atoms. The molecule has 1 aromatic rings. The molecule has 1 fully saturated rings. The number of rotatable bonds is 2. The lowest BCUT2D eigenvalue weighted by atomic mass is 10.0. The number of carboxylic acids is 1. The summed E-state index contributed by atoms with van der Waals surface area (Å²) in [4.78, 5) is 13.1. The Morgan fingerprint density at radius 3 is 2.82 bits per heavy atom. The van der Waals surface area contributed by atoms with Crippen molar-refractivity contribution >= 4 is 11.7 Å². The van der Waals surface area contributed by atoms with Crippen LogP contribution in [0.3, 0.4) is 0 Å². The lowest BCUT2D eigenvalue weighted by molar-refractivity contribution is -0.141. The van der Waals surface area contributed by atoms with Gasteiger partial charge in [-0.25, -0.2) is 0 Å². The largest absolute Gasteiger partial charge is 0.481 e. The van der Waals surface area contributed by atoms with Crippen LogP contribution in [0.25, 0.3) is 0 Å². The molecule has 2 atom stereocenters. The molecule has 0 spiro atoms. The fraction of sp³-hybridized carbons (Fsp3) is 0.385. The maximum atomic E-state index is 11.1. The number of nitriles is 1. The summed E-state index contributed by atoms with van der Waals surface area (Å²) in [6.07, 6.45) is 0.635. The van der Waals surface area contributed by atoms with E-state index < -0.39 is 5.97 Å². The van der Waals surface area contributed by atoms with Gasteiger partial charge in [0.1, 0.15) is 6.07 Å². The van der Waals surface area contributed by atoms with Crippen LogP contribution in [0.15, 0.2) is 24.3 Å². The molecule has 88 valence electrons. The average molecular weight is 230 g/mol. The van der Waals surface area contributed by atoms with E-state index >= 15 is 0 Å². The summed E-state index contributed by atoms with van der Waals surface area (Å²) >= 11 is 0.